The molecule has 0 aromatic heterocycles. The smallest absolute Gasteiger partial charge is 1.00 e. The number of carbonyl (C=O) groups is 3. The van der Waals surface area contributed by atoms with Gasteiger partial charge in [-0.25, -0.2) is 0 Å². The summed E-state index contributed by atoms with van der Waals surface area (Å²) in [5, 5.41) is 12.1. The van der Waals surface area contributed by atoms with Crippen molar-refractivity contribution in [3.8, 4) is 0 Å². The molecule has 25 heavy (non-hydrogen) atoms. The monoisotopic (exact) mass is 563 g/mol. The molecule has 9 heteroatoms. The number of rotatable bonds is 3. The van der Waals surface area contributed by atoms with Crippen molar-refractivity contribution in [2.75, 3.05) is 19.4 Å². The Morgan fingerprint density at radius 2 is 2.16 bits per heavy atom. The molecule has 0 spiro atoms. The number of carboxylic acid groups (broad SMARTS) is 1. The molecule has 1 heterocycles. The fraction of sp³-hybridized carbons (Fsp3) is 0.812. The minimum atomic E-state index is -3.34. The second-order valence-corrected chi connectivity index (χ2v) is 26.0. The van der Waals surface area contributed by atoms with E-state index in [0.717, 1.165) is 0 Å². The molecule has 1 saturated heterocycles. The van der Waals surface area contributed by atoms with Crippen molar-refractivity contribution in [2.45, 2.75) is 43.6 Å². The first-order chi connectivity index (χ1) is 11.6. The normalized spacial score (nSPS) is 33.0. The maximum absolute atomic E-state index is 12.8. The van der Waals surface area contributed by atoms with Gasteiger partial charge in [0, 0.05) is 0 Å². The maximum Gasteiger partial charge on any atom is 1.00 e. The van der Waals surface area contributed by atoms with Gasteiger partial charge in [-0.2, -0.15) is 0 Å². The minimum Gasteiger partial charge on any atom is 1.00 e. The van der Waals surface area contributed by atoms with Crippen molar-refractivity contribution >= 4 is 26.1 Å². The Morgan fingerprint density at radius 3 is 2.76 bits per heavy atom. The molecule has 2 N–H and O–H groups in total. The fourth-order valence-corrected chi connectivity index (χ4v) is 19.9. The van der Waals surface area contributed by atoms with Crippen molar-refractivity contribution < 1.29 is 50.3 Å². The zero-order valence-electron chi connectivity index (χ0n) is 16.3. The van der Waals surface area contributed by atoms with E-state index in [1.54, 1.807) is 7.11 Å². The predicted molar refractivity (Wildman–Crippen MR) is 90.5 cm³/mol. The number of aliphatic carboxylic acids is 1. The van der Waals surface area contributed by atoms with Gasteiger partial charge in [0.05, 0.1) is 0 Å². The van der Waals surface area contributed by atoms with Crippen LogP contribution in [-0.4, -0.2) is 48.5 Å². The van der Waals surface area contributed by atoms with Crippen LogP contribution in [-0.2, 0) is 43.7 Å². The van der Waals surface area contributed by atoms with Crippen LogP contribution >= 0.6 is 8.24 Å². The third kappa shape index (κ3) is 4.32. The Balaban J connectivity index is 0.00000338. The molecule has 1 amide bonds. The van der Waals surface area contributed by atoms with Gasteiger partial charge in [-0.1, -0.05) is 0 Å². The first-order valence-electron chi connectivity index (χ1n) is 8.66. The number of carbonyl (C=O) groups excluding carboxylic acids is 2. The fourth-order valence-electron chi connectivity index (χ4n) is 3.79. The number of hydrogen-bond donors (Lipinski definition) is 2. The second kappa shape index (κ2) is 8.13. The summed E-state index contributed by atoms with van der Waals surface area (Å²) in [5.74, 6) is -1.14. The summed E-state index contributed by atoms with van der Waals surface area (Å²) < 4.78 is 11.1. The van der Waals surface area contributed by atoms with Gasteiger partial charge in [-0.15, -0.1) is 0 Å². The number of fused-ring (bicyclic) bond motifs is 2. The summed E-state index contributed by atoms with van der Waals surface area (Å²) in [5.41, 5.74) is -1.22. The third-order valence-electron chi connectivity index (χ3n) is 6.09. The average Bonchev–Trinajstić information content (AvgIpc) is 2.77. The quantitative estimate of drug-likeness (QED) is 0.508. The van der Waals surface area contributed by atoms with Gasteiger partial charge in [0.25, 0.3) is 0 Å². The van der Waals surface area contributed by atoms with Crippen molar-refractivity contribution in [1.29, 1.82) is 0 Å². The standard InChI is InChI=1S/C14H25NO4S.C2H3O2.Hg/c1-13(2)10(11(16)17)5-6-14(13,3)12(18)15-7-9(8-20)19-4;1-2(3)4;/h9-10,20H,5-8H2,1-4H3,(H,15,18)(H,16,17);1H2,(H,3,4);/q;;+1/p-1. The Kier molecular flexibility index (Phi) is 6.81. The first kappa shape index (κ1) is 21.0. The minimum absolute atomic E-state index is 0. The topological polar surface area (TPSA) is 102 Å². The van der Waals surface area contributed by atoms with Crippen LogP contribution < -0.4 is 5.32 Å². The van der Waals surface area contributed by atoms with E-state index in [4.69, 9.17) is 12.5 Å². The van der Waals surface area contributed by atoms with Crippen LogP contribution in [0.1, 0.15) is 35.0 Å². The van der Waals surface area contributed by atoms with Crippen molar-refractivity contribution in [3.63, 3.8) is 0 Å². The summed E-state index contributed by atoms with van der Waals surface area (Å²) in [6.45, 7) is 6.14. The number of methoxy groups -OCH3 is 1. The molecule has 140 valence electrons. The summed E-state index contributed by atoms with van der Waals surface area (Å²) in [7, 11) is 3.02. The molecule has 1 aliphatic heterocycles. The third-order valence-corrected chi connectivity index (χ3v) is 23.6. The van der Waals surface area contributed by atoms with E-state index in [2.05, 4.69) is 5.32 Å². The molecule has 0 radical (unpaired) electrons. The van der Waals surface area contributed by atoms with Gasteiger partial charge < -0.3 is 0 Å². The van der Waals surface area contributed by atoms with Crippen LogP contribution in [0.3, 0.4) is 0 Å². The molecule has 3 unspecified atom stereocenters. The number of nitrogens with one attached hydrogen (secondary N) is 1. The largest absolute Gasteiger partial charge is 1.00 e. The van der Waals surface area contributed by atoms with E-state index in [1.165, 1.54) is 8.24 Å². The molecule has 7 nitrogen and oxygen atoms in total. The van der Waals surface area contributed by atoms with E-state index in [-0.39, 0.29) is 29.3 Å². The summed E-state index contributed by atoms with van der Waals surface area (Å²) >= 11 is -3.34. The van der Waals surface area contributed by atoms with Crippen molar-refractivity contribution in [2.24, 2.45) is 16.7 Å². The molecule has 1 aliphatic carbocycles. The summed E-state index contributed by atoms with van der Waals surface area (Å²) in [6, 6.07) is 0. The molecule has 2 aliphatic rings. The van der Waals surface area contributed by atoms with Gasteiger partial charge in [0.15, 0.2) is 0 Å². The van der Waals surface area contributed by atoms with Crippen LogP contribution in [0, 0.1) is 16.7 Å². The van der Waals surface area contributed by atoms with E-state index >= 15 is 0 Å². The summed E-state index contributed by atoms with van der Waals surface area (Å²) in [4.78, 5) is 36.7. The second-order valence-electron chi connectivity index (χ2n) is 7.72. The number of carboxylic acids is 1. The number of ether oxygens (including phenoxy) is 1. The Labute approximate surface area is 161 Å². The van der Waals surface area contributed by atoms with Crippen LogP contribution in [0.25, 0.3) is 0 Å². The Bertz CT molecular complexity index is 563. The van der Waals surface area contributed by atoms with Gasteiger partial charge in [0.2, 0.25) is 0 Å². The molecule has 2 bridgehead atoms. The molecule has 1 saturated carbocycles. The van der Waals surface area contributed by atoms with Gasteiger partial charge in [0.1, 0.15) is 0 Å². The zero-order chi connectivity index (χ0) is 18.8. The number of hydrogen-bond acceptors (Lipinski definition) is 6. The van der Waals surface area contributed by atoms with Crippen molar-refractivity contribution in [3.05, 3.63) is 0 Å². The van der Waals surface area contributed by atoms with Gasteiger partial charge in [-0.3, -0.25) is 0 Å². The van der Waals surface area contributed by atoms with Crippen LogP contribution in [0.2, 0.25) is 3.93 Å². The zero-order valence-corrected chi connectivity index (χ0v) is 21.6. The molecule has 2 rings (SSSR count). The Hall–Kier alpha value is -0.345. The SMILES string of the molecule is COC1CNC(=O)C2(C)CCC(C(=O)[O][Hg-]([CH2]C(=O)O)[S]C1)C2(C)C.[H+]. The molecule has 0 aromatic carbocycles. The van der Waals surface area contributed by atoms with Crippen LogP contribution in [0.5, 0.6) is 0 Å². The van der Waals surface area contributed by atoms with Crippen LogP contribution in [0.15, 0.2) is 0 Å². The predicted octanol–water partition coefficient (Wildman–Crippen LogP) is 1.91. The molecular formula is C16H27HgNO6S. The van der Waals surface area contributed by atoms with Crippen LogP contribution in [0.4, 0.5) is 0 Å². The number of amides is 1. The van der Waals surface area contributed by atoms with E-state index in [9.17, 15) is 14.4 Å². The Morgan fingerprint density at radius 1 is 1.48 bits per heavy atom. The maximum atomic E-state index is 12.8. The van der Waals surface area contributed by atoms with E-state index in [0.29, 0.717) is 25.1 Å². The summed E-state index contributed by atoms with van der Waals surface area (Å²) in [6.07, 6.45) is 0.969. The van der Waals surface area contributed by atoms with E-state index in [1.807, 2.05) is 20.8 Å². The molecule has 2 fully saturated rings. The molecule has 0 aromatic rings. The van der Waals surface area contributed by atoms with Gasteiger partial charge in [-0.05, 0) is 0 Å². The average molecular weight is 562 g/mol. The molecule has 3 atom stereocenters. The van der Waals surface area contributed by atoms with E-state index < -0.39 is 38.8 Å². The van der Waals surface area contributed by atoms with Crippen molar-refractivity contribution in [1.82, 2.24) is 5.32 Å². The molecular weight excluding hydrogens is 535 g/mol. The van der Waals surface area contributed by atoms with Gasteiger partial charge >= 0.3 is 161 Å². The first-order valence-corrected chi connectivity index (χ1v) is 22.7.